The van der Waals surface area contributed by atoms with Crippen LogP contribution in [0.4, 0.5) is 0 Å². The number of hydrogen-bond acceptors (Lipinski definition) is 2. The summed E-state index contributed by atoms with van der Waals surface area (Å²) in [6.07, 6.45) is 6.64. The van der Waals surface area contributed by atoms with Crippen LogP contribution in [0.15, 0.2) is 0 Å². The van der Waals surface area contributed by atoms with E-state index in [1.807, 2.05) is 0 Å². The second-order valence-electron chi connectivity index (χ2n) is 5.50. The summed E-state index contributed by atoms with van der Waals surface area (Å²) in [6.45, 7) is 5.87. The fourth-order valence-corrected chi connectivity index (χ4v) is 2.49. The second kappa shape index (κ2) is 4.38. The molecule has 0 spiro atoms. The molecule has 0 aromatic rings. The summed E-state index contributed by atoms with van der Waals surface area (Å²) in [5, 5.41) is 0. The van der Waals surface area contributed by atoms with Crippen molar-refractivity contribution in [1.82, 2.24) is 4.90 Å². The average Bonchev–Trinajstić information content (AvgIpc) is 3.00. The zero-order chi connectivity index (χ0) is 10.9. The van der Waals surface area contributed by atoms with Gasteiger partial charge in [-0.3, -0.25) is 0 Å². The van der Waals surface area contributed by atoms with Crippen LogP contribution >= 0.6 is 12.2 Å². The van der Waals surface area contributed by atoms with E-state index in [9.17, 15) is 0 Å². The molecule has 1 saturated heterocycles. The molecule has 1 aliphatic carbocycles. The smallest absolute Gasteiger partial charge is 0.0788 e. The van der Waals surface area contributed by atoms with E-state index in [2.05, 4.69) is 11.8 Å². The summed E-state index contributed by atoms with van der Waals surface area (Å²) >= 11 is 5.14. The summed E-state index contributed by atoms with van der Waals surface area (Å²) in [7, 11) is 0. The molecule has 0 amide bonds. The van der Waals surface area contributed by atoms with Crippen molar-refractivity contribution in [3.8, 4) is 0 Å². The normalized spacial score (nSPS) is 26.5. The van der Waals surface area contributed by atoms with Crippen LogP contribution in [0.1, 0.15) is 39.0 Å². The third-order valence-corrected chi connectivity index (χ3v) is 4.60. The van der Waals surface area contributed by atoms with Gasteiger partial charge in [-0.25, -0.2) is 0 Å². The molecule has 0 radical (unpaired) electrons. The summed E-state index contributed by atoms with van der Waals surface area (Å²) in [5.74, 6) is 1.05. The zero-order valence-corrected chi connectivity index (χ0v) is 10.5. The summed E-state index contributed by atoms with van der Waals surface area (Å²) < 4.78 is 0. The second-order valence-corrected chi connectivity index (χ2v) is 5.94. The number of hydrogen-bond donors (Lipinski definition) is 1. The molecule has 0 aromatic heterocycles. The van der Waals surface area contributed by atoms with Crippen molar-refractivity contribution in [2.45, 2.75) is 39.0 Å². The third-order valence-electron chi connectivity index (χ3n) is 4.10. The first-order valence-corrected chi connectivity index (χ1v) is 6.53. The monoisotopic (exact) mass is 226 g/mol. The van der Waals surface area contributed by atoms with Gasteiger partial charge in [0.1, 0.15) is 0 Å². The number of piperidine rings is 1. The van der Waals surface area contributed by atoms with E-state index in [0.717, 1.165) is 18.8 Å². The molecule has 0 aromatic carbocycles. The van der Waals surface area contributed by atoms with Crippen molar-refractivity contribution in [3.63, 3.8) is 0 Å². The summed E-state index contributed by atoms with van der Waals surface area (Å²) in [4.78, 5) is 3.29. The molecule has 15 heavy (non-hydrogen) atoms. The number of nitrogens with zero attached hydrogens (tertiary/aromatic N) is 1. The van der Waals surface area contributed by atoms with Gasteiger partial charge < -0.3 is 10.6 Å². The molecule has 2 nitrogen and oxygen atoms in total. The van der Waals surface area contributed by atoms with Crippen molar-refractivity contribution in [2.75, 3.05) is 19.6 Å². The van der Waals surface area contributed by atoms with Gasteiger partial charge in [0.05, 0.1) is 4.99 Å². The summed E-state index contributed by atoms with van der Waals surface area (Å²) in [5.41, 5.74) is 5.92. The van der Waals surface area contributed by atoms with E-state index >= 15 is 0 Å². The van der Waals surface area contributed by atoms with E-state index in [0.29, 0.717) is 4.99 Å². The van der Waals surface area contributed by atoms with E-state index in [4.69, 9.17) is 18.0 Å². The maximum atomic E-state index is 5.79. The topological polar surface area (TPSA) is 29.3 Å². The van der Waals surface area contributed by atoms with E-state index in [-0.39, 0.29) is 5.41 Å². The molecule has 0 atom stereocenters. The SMILES string of the molecule is CC1(C(N)=S)CCN(CCC2CC2)CC1. The van der Waals surface area contributed by atoms with Crippen molar-refractivity contribution < 1.29 is 0 Å². The van der Waals surface area contributed by atoms with E-state index in [1.54, 1.807) is 0 Å². The molecule has 86 valence electrons. The van der Waals surface area contributed by atoms with Gasteiger partial charge in [-0.05, 0) is 44.8 Å². The minimum Gasteiger partial charge on any atom is -0.393 e. The van der Waals surface area contributed by atoms with Crippen LogP contribution in [-0.2, 0) is 0 Å². The Morgan fingerprint density at radius 3 is 2.47 bits per heavy atom. The van der Waals surface area contributed by atoms with Gasteiger partial charge >= 0.3 is 0 Å². The Morgan fingerprint density at radius 2 is 2.00 bits per heavy atom. The van der Waals surface area contributed by atoms with Gasteiger partial charge in [0, 0.05) is 5.41 Å². The predicted octanol–water partition coefficient (Wildman–Crippen LogP) is 2.17. The Morgan fingerprint density at radius 1 is 1.40 bits per heavy atom. The highest BCUT2D eigenvalue weighted by atomic mass is 32.1. The molecule has 2 aliphatic rings. The highest BCUT2D eigenvalue weighted by Crippen LogP contribution is 2.34. The third kappa shape index (κ3) is 2.91. The lowest BCUT2D eigenvalue weighted by molar-refractivity contribution is 0.161. The zero-order valence-electron chi connectivity index (χ0n) is 9.67. The van der Waals surface area contributed by atoms with Crippen LogP contribution in [0.25, 0.3) is 0 Å². The van der Waals surface area contributed by atoms with Gasteiger partial charge in [-0.2, -0.15) is 0 Å². The minimum atomic E-state index is 0.130. The number of thiocarbonyl (C=S) groups is 1. The predicted molar refractivity (Wildman–Crippen MR) is 67.9 cm³/mol. The molecule has 0 unspecified atom stereocenters. The number of nitrogens with two attached hydrogens (primary N) is 1. The molecule has 2 rings (SSSR count). The first-order valence-electron chi connectivity index (χ1n) is 6.12. The Labute approximate surface area is 98.2 Å². The molecule has 0 bridgehead atoms. The van der Waals surface area contributed by atoms with Crippen LogP contribution in [0.3, 0.4) is 0 Å². The van der Waals surface area contributed by atoms with Gasteiger partial charge in [-0.1, -0.05) is 32.0 Å². The lowest BCUT2D eigenvalue weighted by Crippen LogP contribution is -2.44. The Balaban J connectivity index is 1.73. The van der Waals surface area contributed by atoms with Gasteiger partial charge in [0.2, 0.25) is 0 Å². The molecular formula is C12H22N2S. The van der Waals surface area contributed by atoms with Crippen LogP contribution in [-0.4, -0.2) is 29.5 Å². The standard InChI is InChI=1S/C12H22N2S/c1-12(11(13)15)5-8-14(9-6-12)7-4-10-2-3-10/h10H,2-9H2,1H3,(H2,13,15). The molecular weight excluding hydrogens is 204 g/mol. The highest BCUT2D eigenvalue weighted by Gasteiger charge is 2.33. The first kappa shape index (κ1) is 11.3. The largest absolute Gasteiger partial charge is 0.393 e. The van der Waals surface area contributed by atoms with Crippen LogP contribution in [0, 0.1) is 11.3 Å². The average molecular weight is 226 g/mol. The van der Waals surface area contributed by atoms with Gasteiger partial charge in [0.25, 0.3) is 0 Å². The van der Waals surface area contributed by atoms with Crippen molar-refractivity contribution in [1.29, 1.82) is 0 Å². The molecule has 1 aliphatic heterocycles. The Kier molecular flexibility index (Phi) is 3.31. The van der Waals surface area contributed by atoms with E-state index in [1.165, 1.54) is 38.9 Å². The maximum absolute atomic E-state index is 5.79. The van der Waals surface area contributed by atoms with Gasteiger partial charge in [-0.15, -0.1) is 0 Å². The quantitative estimate of drug-likeness (QED) is 0.745. The van der Waals surface area contributed by atoms with Crippen molar-refractivity contribution in [2.24, 2.45) is 17.1 Å². The fourth-order valence-electron chi connectivity index (χ4n) is 2.29. The highest BCUT2D eigenvalue weighted by molar-refractivity contribution is 7.80. The molecule has 2 fully saturated rings. The van der Waals surface area contributed by atoms with Crippen molar-refractivity contribution >= 4 is 17.2 Å². The summed E-state index contributed by atoms with van der Waals surface area (Å²) in [6, 6.07) is 0. The van der Waals surface area contributed by atoms with Crippen molar-refractivity contribution in [3.05, 3.63) is 0 Å². The first-order chi connectivity index (χ1) is 7.10. The molecule has 1 saturated carbocycles. The molecule has 3 heteroatoms. The van der Waals surface area contributed by atoms with E-state index < -0.39 is 0 Å². The van der Waals surface area contributed by atoms with Crippen LogP contribution in [0.5, 0.6) is 0 Å². The molecule has 1 heterocycles. The molecule has 2 N–H and O–H groups in total. The Bertz CT molecular complexity index is 240. The van der Waals surface area contributed by atoms with Crippen LogP contribution in [0.2, 0.25) is 0 Å². The minimum absolute atomic E-state index is 0.130. The van der Waals surface area contributed by atoms with Gasteiger partial charge in [0.15, 0.2) is 0 Å². The maximum Gasteiger partial charge on any atom is 0.0788 e. The lowest BCUT2D eigenvalue weighted by Gasteiger charge is -2.38. The number of likely N-dealkylation sites (tertiary alicyclic amines) is 1. The lowest BCUT2D eigenvalue weighted by atomic mass is 9.80. The fraction of sp³-hybridized carbons (Fsp3) is 0.917. The van der Waals surface area contributed by atoms with Crippen LogP contribution < -0.4 is 5.73 Å². The Hall–Kier alpha value is -0.150. The number of rotatable bonds is 4.